The molecule has 92 valence electrons. The molecular formula is C11H16N4O2. The Morgan fingerprint density at radius 2 is 2.35 bits per heavy atom. The van der Waals surface area contributed by atoms with Gasteiger partial charge in [-0.3, -0.25) is 14.7 Å². The lowest BCUT2D eigenvalue weighted by Crippen LogP contribution is -2.45. The first kappa shape index (κ1) is 11.6. The Labute approximate surface area is 99.2 Å². The summed E-state index contributed by atoms with van der Waals surface area (Å²) in [7, 11) is 0. The number of aromatic nitrogens is 2. The molecule has 6 nitrogen and oxygen atoms in total. The van der Waals surface area contributed by atoms with Crippen molar-refractivity contribution >= 4 is 11.8 Å². The van der Waals surface area contributed by atoms with E-state index in [-0.39, 0.29) is 11.8 Å². The summed E-state index contributed by atoms with van der Waals surface area (Å²) >= 11 is 0. The lowest BCUT2D eigenvalue weighted by Gasteiger charge is -2.14. The molecule has 1 aliphatic heterocycles. The molecule has 1 saturated heterocycles. The molecule has 2 heterocycles. The van der Waals surface area contributed by atoms with E-state index < -0.39 is 6.04 Å². The van der Waals surface area contributed by atoms with E-state index in [1.807, 2.05) is 0 Å². The summed E-state index contributed by atoms with van der Waals surface area (Å²) in [5.41, 5.74) is 1.19. The van der Waals surface area contributed by atoms with Crippen molar-refractivity contribution in [3.8, 4) is 0 Å². The van der Waals surface area contributed by atoms with Crippen LogP contribution in [0.25, 0.3) is 0 Å². The van der Waals surface area contributed by atoms with Gasteiger partial charge in [-0.15, -0.1) is 0 Å². The molecule has 6 heteroatoms. The van der Waals surface area contributed by atoms with Crippen LogP contribution >= 0.6 is 0 Å². The number of hydrogen-bond donors (Lipinski definition) is 3. The fraction of sp³-hybridized carbons (Fsp3) is 0.545. The Morgan fingerprint density at radius 1 is 1.53 bits per heavy atom. The van der Waals surface area contributed by atoms with Gasteiger partial charge >= 0.3 is 0 Å². The summed E-state index contributed by atoms with van der Waals surface area (Å²) in [6.45, 7) is 2.46. The van der Waals surface area contributed by atoms with E-state index in [4.69, 9.17) is 0 Å². The number of carbonyl (C=O) groups excluding carboxylic acids is 2. The topological polar surface area (TPSA) is 86.9 Å². The Morgan fingerprint density at radius 3 is 3.06 bits per heavy atom. The summed E-state index contributed by atoms with van der Waals surface area (Å²) in [4.78, 5) is 23.6. The van der Waals surface area contributed by atoms with Gasteiger partial charge in [0.25, 0.3) is 5.91 Å². The van der Waals surface area contributed by atoms with Crippen molar-refractivity contribution in [2.75, 3.05) is 6.54 Å². The van der Waals surface area contributed by atoms with E-state index >= 15 is 0 Å². The van der Waals surface area contributed by atoms with Gasteiger partial charge in [0.2, 0.25) is 5.91 Å². The zero-order valence-corrected chi connectivity index (χ0v) is 9.75. The third-order valence-electron chi connectivity index (χ3n) is 2.92. The smallest absolute Gasteiger partial charge is 0.255 e. The Hall–Kier alpha value is -1.85. The minimum atomic E-state index is -0.431. The van der Waals surface area contributed by atoms with Crippen LogP contribution in [-0.4, -0.2) is 34.6 Å². The maximum Gasteiger partial charge on any atom is 0.255 e. The van der Waals surface area contributed by atoms with Crippen LogP contribution in [0.15, 0.2) is 6.20 Å². The number of H-pyrrole nitrogens is 1. The van der Waals surface area contributed by atoms with Gasteiger partial charge in [-0.25, -0.2) is 0 Å². The maximum atomic E-state index is 11.9. The Kier molecular flexibility index (Phi) is 3.41. The maximum absolute atomic E-state index is 11.9. The number of nitrogens with zero attached hydrogens (tertiary/aromatic N) is 1. The molecule has 0 saturated carbocycles. The molecule has 0 aliphatic carbocycles. The quantitative estimate of drug-likeness (QED) is 0.681. The molecule has 3 N–H and O–H groups in total. The van der Waals surface area contributed by atoms with Crippen LogP contribution in [0.1, 0.15) is 35.3 Å². The van der Waals surface area contributed by atoms with Gasteiger partial charge in [-0.05, 0) is 26.2 Å². The van der Waals surface area contributed by atoms with Gasteiger partial charge in [0, 0.05) is 12.2 Å². The molecule has 2 rings (SSSR count). The molecule has 0 radical (unpaired) electrons. The standard InChI is InChI=1S/C11H16N4O2/c1-7-8(6-13-15-7)10(16)14-9-4-2-3-5-12-11(9)17/h6,9H,2-5H2,1H3,(H,12,17)(H,13,15)(H,14,16). The van der Waals surface area contributed by atoms with Crippen LogP contribution in [0, 0.1) is 6.92 Å². The minimum Gasteiger partial charge on any atom is -0.354 e. The lowest BCUT2D eigenvalue weighted by atomic mass is 10.1. The van der Waals surface area contributed by atoms with E-state index in [0.717, 1.165) is 12.8 Å². The van der Waals surface area contributed by atoms with Crippen LogP contribution in [0.4, 0.5) is 0 Å². The number of nitrogens with one attached hydrogen (secondary N) is 3. The number of hydrogen-bond acceptors (Lipinski definition) is 3. The highest BCUT2D eigenvalue weighted by Gasteiger charge is 2.23. The first-order valence-electron chi connectivity index (χ1n) is 5.77. The number of rotatable bonds is 2. The molecule has 17 heavy (non-hydrogen) atoms. The van der Waals surface area contributed by atoms with Crippen molar-refractivity contribution in [2.45, 2.75) is 32.2 Å². The normalized spacial score (nSPS) is 20.5. The zero-order valence-electron chi connectivity index (χ0n) is 9.75. The first-order valence-corrected chi connectivity index (χ1v) is 5.77. The molecule has 1 unspecified atom stereocenters. The van der Waals surface area contributed by atoms with Gasteiger partial charge < -0.3 is 10.6 Å². The van der Waals surface area contributed by atoms with E-state index in [9.17, 15) is 9.59 Å². The van der Waals surface area contributed by atoms with Crippen molar-refractivity contribution in [1.82, 2.24) is 20.8 Å². The number of aromatic amines is 1. The van der Waals surface area contributed by atoms with Gasteiger partial charge in [0.05, 0.1) is 11.8 Å². The predicted octanol–water partition coefficient (Wildman–Crippen LogP) is 0.117. The highest BCUT2D eigenvalue weighted by atomic mass is 16.2. The lowest BCUT2D eigenvalue weighted by molar-refractivity contribution is -0.122. The van der Waals surface area contributed by atoms with Crippen molar-refractivity contribution in [3.05, 3.63) is 17.5 Å². The van der Waals surface area contributed by atoms with E-state index in [2.05, 4.69) is 20.8 Å². The van der Waals surface area contributed by atoms with Crippen molar-refractivity contribution < 1.29 is 9.59 Å². The summed E-state index contributed by atoms with van der Waals surface area (Å²) in [6.07, 6.45) is 4.06. The largest absolute Gasteiger partial charge is 0.354 e. The van der Waals surface area contributed by atoms with Crippen molar-refractivity contribution in [2.24, 2.45) is 0 Å². The van der Waals surface area contributed by atoms with Crippen LogP contribution in [0.2, 0.25) is 0 Å². The van der Waals surface area contributed by atoms with Gasteiger partial charge in [-0.1, -0.05) is 0 Å². The highest BCUT2D eigenvalue weighted by Crippen LogP contribution is 2.08. The second-order valence-corrected chi connectivity index (χ2v) is 4.22. The molecule has 0 aromatic carbocycles. The fourth-order valence-corrected chi connectivity index (χ4v) is 1.89. The Bertz CT molecular complexity index is 427. The molecule has 1 fully saturated rings. The van der Waals surface area contributed by atoms with Gasteiger partial charge in [0.15, 0.2) is 0 Å². The predicted molar refractivity (Wildman–Crippen MR) is 61.4 cm³/mol. The second-order valence-electron chi connectivity index (χ2n) is 4.22. The van der Waals surface area contributed by atoms with Crippen LogP contribution in [0.5, 0.6) is 0 Å². The summed E-state index contributed by atoms with van der Waals surface area (Å²) in [5, 5.41) is 12.0. The monoisotopic (exact) mass is 236 g/mol. The summed E-state index contributed by atoms with van der Waals surface area (Å²) < 4.78 is 0. The van der Waals surface area contributed by atoms with Crippen LogP contribution in [-0.2, 0) is 4.79 Å². The molecule has 0 bridgehead atoms. The number of carbonyl (C=O) groups is 2. The average molecular weight is 236 g/mol. The SMILES string of the molecule is Cc1[nH]ncc1C(=O)NC1CCCCNC1=O. The molecule has 1 aliphatic rings. The second kappa shape index (κ2) is 4.99. The zero-order chi connectivity index (χ0) is 12.3. The van der Waals surface area contributed by atoms with Crippen molar-refractivity contribution in [3.63, 3.8) is 0 Å². The first-order chi connectivity index (χ1) is 8.18. The van der Waals surface area contributed by atoms with Crippen LogP contribution in [0.3, 0.4) is 0 Å². The average Bonchev–Trinajstić information content (AvgIpc) is 2.63. The molecule has 1 aromatic heterocycles. The minimum absolute atomic E-state index is 0.100. The highest BCUT2D eigenvalue weighted by molar-refractivity contribution is 5.98. The van der Waals surface area contributed by atoms with Crippen molar-refractivity contribution in [1.29, 1.82) is 0 Å². The third-order valence-corrected chi connectivity index (χ3v) is 2.92. The molecule has 2 amide bonds. The van der Waals surface area contributed by atoms with E-state index in [1.54, 1.807) is 6.92 Å². The van der Waals surface area contributed by atoms with Gasteiger partial charge in [-0.2, -0.15) is 5.10 Å². The molecule has 1 aromatic rings. The fourth-order valence-electron chi connectivity index (χ4n) is 1.89. The molecule has 0 spiro atoms. The molecular weight excluding hydrogens is 220 g/mol. The number of amides is 2. The van der Waals surface area contributed by atoms with Gasteiger partial charge in [0.1, 0.15) is 6.04 Å². The third kappa shape index (κ3) is 2.64. The summed E-state index contributed by atoms with van der Waals surface area (Å²) in [5.74, 6) is -0.352. The Balaban J connectivity index is 2.02. The van der Waals surface area contributed by atoms with E-state index in [1.165, 1.54) is 6.20 Å². The summed E-state index contributed by atoms with van der Waals surface area (Å²) in [6, 6.07) is -0.431. The van der Waals surface area contributed by atoms with Crippen LogP contribution < -0.4 is 10.6 Å². The van der Waals surface area contributed by atoms with E-state index in [0.29, 0.717) is 24.2 Å². The molecule has 1 atom stereocenters. The number of aryl methyl sites for hydroxylation is 1.